The highest BCUT2D eigenvalue weighted by molar-refractivity contribution is 5.65. The van der Waals surface area contributed by atoms with Crippen LogP contribution in [0.1, 0.15) is 55.7 Å². The van der Waals surface area contributed by atoms with Crippen LogP contribution in [0.3, 0.4) is 0 Å². The summed E-state index contributed by atoms with van der Waals surface area (Å²) in [5, 5.41) is 3.39. The van der Waals surface area contributed by atoms with E-state index in [4.69, 9.17) is 0 Å². The molecule has 21 heavy (non-hydrogen) atoms. The highest BCUT2D eigenvalue weighted by Gasteiger charge is 2.19. The zero-order chi connectivity index (χ0) is 14.7. The fourth-order valence-electron chi connectivity index (χ4n) is 3.26. The molecule has 0 radical (unpaired) electrons. The van der Waals surface area contributed by atoms with Crippen molar-refractivity contribution in [2.45, 2.75) is 44.6 Å². The summed E-state index contributed by atoms with van der Waals surface area (Å²) in [6.45, 7) is 2.23. The van der Waals surface area contributed by atoms with Crippen molar-refractivity contribution in [2.24, 2.45) is 0 Å². The maximum atomic E-state index is 3.39. The molecule has 110 valence electrons. The third kappa shape index (κ3) is 3.03. The van der Waals surface area contributed by atoms with Gasteiger partial charge in [0.05, 0.1) is 0 Å². The Morgan fingerprint density at radius 2 is 1.76 bits per heavy atom. The molecule has 0 heterocycles. The highest BCUT2D eigenvalue weighted by Crippen LogP contribution is 2.37. The van der Waals surface area contributed by atoms with Crippen molar-refractivity contribution in [3.05, 3.63) is 59.7 Å². The van der Waals surface area contributed by atoms with Gasteiger partial charge in [-0.15, -0.1) is 0 Å². The monoisotopic (exact) mass is 279 g/mol. The van der Waals surface area contributed by atoms with Crippen LogP contribution in [0.5, 0.6) is 0 Å². The van der Waals surface area contributed by atoms with Gasteiger partial charge in [0.2, 0.25) is 0 Å². The maximum Gasteiger partial charge on any atom is 0.0315 e. The predicted molar refractivity (Wildman–Crippen MR) is 90.6 cm³/mol. The first kappa shape index (κ1) is 14.3. The number of hydrogen-bond donors (Lipinski definition) is 1. The van der Waals surface area contributed by atoms with Gasteiger partial charge in [0.1, 0.15) is 0 Å². The average Bonchev–Trinajstić information content (AvgIpc) is 2.47. The summed E-state index contributed by atoms with van der Waals surface area (Å²) in [6.07, 6.45) is 5.23. The molecule has 1 N–H and O–H groups in total. The van der Waals surface area contributed by atoms with E-state index >= 15 is 0 Å². The fraction of sp³-hybridized carbons (Fsp3) is 0.400. The summed E-state index contributed by atoms with van der Waals surface area (Å²) in [6, 6.07) is 18.6. The third-order valence-electron chi connectivity index (χ3n) is 4.84. The summed E-state index contributed by atoms with van der Waals surface area (Å²) in [4.78, 5) is 0. The molecule has 1 atom stereocenters. The van der Waals surface area contributed by atoms with Crippen molar-refractivity contribution in [1.29, 1.82) is 0 Å². The lowest BCUT2D eigenvalue weighted by Gasteiger charge is -2.26. The molecule has 2 aromatic rings. The van der Waals surface area contributed by atoms with Crippen LogP contribution in [0.15, 0.2) is 48.5 Å². The number of hydrogen-bond acceptors (Lipinski definition) is 1. The van der Waals surface area contributed by atoms with Crippen LogP contribution in [0.25, 0.3) is 11.1 Å². The second kappa shape index (κ2) is 6.44. The van der Waals surface area contributed by atoms with Crippen LogP contribution >= 0.6 is 0 Å². The minimum Gasteiger partial charge on any atom is -0.313 e. The van der Waals surface area contributed by atoms with E-state index in [1.807, 2.05) is 7.05 Å². The number of rotatable bonds is 5. The molecular formula is C20H25N. The molecule has 2 aromatic carbocycles. The Morgan fingerprint density at radius 1 is 1.05 bits per heavy atom. The molecule has 1 fully saturated rings. The Morgan fingerprint density at radius 3 is 2.38 bits per heavy atom. The summed E-state index contributed by atoms with van der Waals surface area (Å²) in [5.41, 5.74) is 5.59. The summed E-state index contributed by atoms with van der Waals surface area (Å²) in [5.74, 6) is 0.800. The van der Waals surface area contributed by atoms with Crippen LogP contribution in [0.2, 0.25) is 0 Å². The Bertz CT molecular complexity index is 594. The minimum atomic E-state index is 0.444. The molecule has 1 saturated carbocycles. The molecule has 1 aliphatic carbocycles. The zero-order valence-corrected chi connectivity index (χ0v) is 13.1. The second-order valence-corrected chi connectivity index (χ2v) is 6.13. The van der Waals surface area contributed by atoms with Crippen LogP contribution < -0.4 is 5.32 Å². The second-order valence-electron chi connectivity index (χ2n) is 6.13. The van der Waals surface area contributed by atoms with Crippen molar-refractivity contribution in [2.75, 3.05) is 7.05 Å². The van der Waals surface area contributed by atoms with Gasteiger partial charge in [0.25, 0.3) is 0 Å². The summed E-state index contributed by atoms with van der Waals surface area (Å²) < 4.78 is 0. The Labute approximate surface area is 128 Å². The topological polar surface area (TPSA) is 12.0 Å². The first-order valence-electron chi connectivity index (χ1n) is 8.19. The Hall–Kier alpha value is -1.60. The highest BCUT2D eigenvalue weighted by atomic mass is 14.9. The van der Waals surface area contributed by atoms with Gasteiger partial charge in [0.15, 0.2) is 0 Å². The molecule has 1 unspecified atom stereocenters. The lowest BCUT2D eigenvalue weighted by molar-refractivity contribution is 0.420. The van der Waals surface area contributed by atoms with Gasteiger partial charge in [-0.25, -0.2) is 0 Å². The molecule has 0 aliphatic heterocycles. The van der Waals surface area contributed by atoms with E-state index in [1.54, 1.807) is 0 Å². The average molecular weight is 279 g/mol. The van der Waals surface area contributed by atoms with E-state index in [1.165, 1.54) is 41.5 Å². The van der Waals surface area contributed by atoms with Crippen LogP contribution in [0.4, 0.5) is 0 Å². The van der Waals surface area contributed by atoms with E-state index in [9.17, 15) is 0 Å². The lowest BCUT2D eigenvalue weighted by Crippen LogP contribution is -2.15. The van der Waals surface area contributed by atoms with Crippen molar-refractivity contribution >= 4 is 0 Å². The number of benzene rings is 2. The molecule has 0 spiro atoms. The molecule has 1 nitrogen and oxygen atoms in total. The van der Waals surface area contributed by atoms with E-state index in [-0.39, 0.29) is 0 Å². The normalized spacial score (nSPS) is 16.5. The van der Waals surface area contributed by atoms with Gasteiger partial charge in [-0.2, -0.15) is 0 Å². The molecule has 3 rings (SSSR count). The predicted octanol–water partition coefficient (Wildman–Crippen LogP) is 5.29. The van der Waals surface area contributed by atoms with Crippen LogP contribution in [-0.4, -0.2) is 7.05 Å². The van der Waals surface area contributed by atoms with Crippen molar-refractivity contribution < 1.29 is 0 Å². The van der Waals surface area contributed by atoms with Crippen LogP contribution in [-0.2, 0) is 0 Å². The van der Waals surface area contributed by atoms with Crippen molar-refractivity contribution in [3.63, 3.8) is 0 Å². The SMILES string of the molecule is CCC(NC)c1cccc(-c2cccc(C3CCC3)c2)c1. The van der Waals surface area contributed by atoms with Gasteiger partial charge in [-0.05, 0) is 60.5 Å². The van der Waals surface area contributed by atoms with Crippen LogP contribution in [0, 0.1) is 0 Å². The molecule has 1 aliphatic rings. The van der Waals surface area contributed by atoms with Gasteiger partial charge in [-0.3, -0.25) is 0 Å². The maximum absolute atomic E-state index is 3.39. The van der Waals surface area contributed by atoms with E-state index in [0.717, 1.165) is 12.3 Å². The summed E-state index contributed by atoms with van der Waals surface area (Å²) in [7, 11) is 2.04. The third-order valence-corrected chi connectivity index (χ3v) is 4.84. The molecule has 0 saturated heterocycles. The minimum absolute atomic E-state index is 0.444. The van der Waals surface area contributed by atoms with Crippen molar-refractivity contribution in [3.8, 4) is 11.1 Å². The van der Waals surface area contributed by atoms with E-state index in [0.29, 0.717) is 6.04 Å². The van der Waals surface area contributed by atoms with Crippen molar-refractivity contribution in [1.82, 2.24) is 5.32 Å². The molecule has 0 bridgehead atoms. The lowest BCUT2D eigenvalue weighted by atomic mass is 9.79. The van der Waals surface area contributed by atoms with E-state index < -0.39 is 0 Å². The molecule has 0 amide bonds. The smallest absolute Gasteiger partial charge is 0.0315 e. The zero-order valence-electron chi connectivity index (χ0n) is 13.1. The van der Waals surface area contributed by atoms with Gasteiger partial charge >= 0.3 is 0 Å². The first-order chi connectivity index (χ1) is 10.3. The molecular weight excluding hydrogens is 254 g/mol. The largest absolute Gasteiger partial charge is 0.313 e. The van der Waals surface area contributed by atoms with Gasteiger partial charge in [0, 0.05) is 6.04 Å². The van der Waals surface area contributed by atoms with Gasteiger partial charge in [-0.1, -0.05) is 55.8 Å². The van der Waals surface area contributed by atoms with E-state index in [2.05, 4.69) is 60.8 Å². The number of nitrogens with one attached hydrogen (secondary N) is 1. The molecule has 0 aromatic heterocycles. The Kier molecular flexibility index (Phi) is 4.40. The standard InChI is InChI=1S/C20H25N/c1-3-20(21-2)19-12-6-11-18(14-19)17-10-5-9-16(13-17)15-7-4-8-15/h5-6,9-15,20-21H,3-4,7-8H2,1-2H3. The quantitative estimate of drug-likeness (QED) is 0.784. The Balaban J connectivity index is 1.91. The first-order valence-corrected chi connectivity index (χ1v) is 8.19. The van der Waals surface area contributed by atoms with Gasteiger partial charge < -0.3 is 5.32 Å². The molecule has 1 heteroatoms. The summed E-state index contributed by atoms with van der Waals surface area (Å²) >= 11 is 0. The fourth-order valence-corrected chi connectivity index (χ4v) is 3.26.